The van der Waals surface area contributed by atoms with Crippen LogP contribution in [0.25, 0.3) is 23.3 Å². The number of ether oxygens (including phenoxy) is 1. The van der Waals surface area contributed by atoms with Crippen LogP contribution in [0, 0.1) is 0 Å². The van der Waals surface area contributed by atoms with E-state index in [9.17, 15) is 20.1 Å². The van der Waals surface area contributed by atoms with E-state index in [0.29, 0.717) is 5.82 Å². The van der Waals surface area contributed by atoms with Crippen LogP contribution in [0.3, 0.4) is 0 Å². The number of nitrogens with zero attached hydrogens (tertiary/aromatic N) is 3. The summed E-state index contributed by atoms with van der Waals surface area (Å²) in [4.78, 5) is 23.4. The Balaban J connectivity index is 1.73. The topological polar surface area (TPSA) is 133 Å². The third-order valence-corrected chi connectivity index (χ3v) is 4.48. The lowest BCUT2D eigenvalue weighted by atomic mass is 10.1. The maximum Gasteiger partial charge on any atom is 0.279 e. The van der Waals surface area contributed by atoms with Crippen LogP contribution < -0.4 is 5.56 Å². The van der Waals surface area contributed by atoms with E-state index >= 15 is 0 Å². The Morgan fingerprint density at radius 1 is 1.19 bits per heavy atom. The average Bonchev–Trinajstić information content (AvgIpc) is 3.23. The molecule has 4 rings (SSSR count). The van der Waals surface area contributed by atoms with Gasteiger partial charge in [0.15, 0.2) is 17.4 Å². The quantitative estimate of drug-likeness (QED) is 0.504. The number of H-pyrrole nitrogens is 1. The van der Waals surface area contributed by atoms with Crippen molar-refractivity contribution in [3.63, 3.8) is 0 Å². The summed E-state index contributed by atoms with van der Waals surface area (Å²) in [6.45, 7) is -0.444. The van der Waals surface area contributed by atoms with E-state index in [2.05, 4.69) is 15.0 Å². The van der Waals surface area contributed by atoms with Crippen molar-refractivity contribution in [1.29, 1.82) is 0 Å². The highest BCUT2D eigenvalue weighted by atomic mass is 16.6. The van der Waals surface area contributed by atoms with Crippen LogP contribution in [0.15, 0.2) is 41.5 Å². The highest BCUT2D eigenvalue weighted by Gasteiger charge is 2.44. The molecule has 0 unspecified atom stereocenters. The van der Waals surface area contributed by atoms with Gasteiger partial charge in [0, 0.05) is 0 Å². The van der Waals surface area contributed by atoms with Crippen molar-refractivity contribution in [3.8, 4) is 0 Å². The standard InChI is InChI=1S/C18H18N4O5/c23-8-11-14(24)15(25)18(27-11)22-9-19-13-16(22)20-12(21-17(13)26)7-6-10-4-2-1-3-5-10/h1-7,9,11,14-15,18,23-25H,8H2,(H,20,21,26)/t11-,14-,15-,18-/m1/s1. The van der Waals surface area contributed by atoms with Crippen LogP contribution in [0.5, 0.6) is 0 Å². The number of fused-ring (bicyclic) bond motifs is 1. The van der Waals surface area contributed by atoms with E-state index in [0.717, 1.165) is 5.56 Å². The van der Waals surface area contributed by atoms with E-state index < -0.39 is 36.7 Å². The molecule has 2 aromatic heterocycles. The van der Waals surface area contributed by atoms with Gasteiger partial charge in [-0.1, -0.05) is 36.4 Å². The first-order valence-electron chi connectivity index (χ1n) is 8.41. The Kier molecular flexibility index (Phi) is 4.58. The summed E-state index contributed by atoms with van der Waals surface area (Å²) < 4.78 is 6.88. The summed E-state index contributed by atoms with van der Waals surface area (Å²) in [6.07, 6.45) is 0.296. The summed E-state index contributed by atoms with van der Waals surface area (Å²) in [6, 6.07) is 9.53. The van der Waals surface area contributed by atoms with Crippen molar-refractivity contribution in [2.24, 2.45) is 0 Å². The van der Waals surface area contributed by atoms with E-state index in [1.165, 1.54) is 10.9 Å². The smallest absolute Gasteiger partial charge is 0.279 e. The SMILES string of the molecule is O=c1[nH]c(C=Cc2ccccc2)nc2c1ncn2[C@@H]1O[C@H](CO)[C@@H](O)[C@H]1O. The Labute approximate surface area is 153 Å². The van der Waals surface area contributed by atoms with Crippen molar-refractivity contribution >= 4 is 23.3 Å². The summed E-state index contributed by atoms with van der Waals surface area (Å²) in [7, 11) is 0. The van der Waals surface area contributed by atoms with Crippen molar-refractivity contribution < 1.29 is 20.1 Å². The Morgan fingerprint density at radius 2 is 1.96 bits per heavy atom. The van der Waals surface area contributed by atoms with Gasteiger partial charge in [0.25, 0.3) is 5.56 Å². The normalized spacial score (nSPS) is 25.6. The lowest BCUT2D eigenvalue weighted by Gasteiger charge is -2.16. The molecule has 0 aliphatic carbocycles. The van der Waals surface area contributed by atoms with Gasteiger partial charge < -0.3 is 25.0 Å². The third kappa shape index (κ3) is 3.17. The molecule has 9 heteroatoms. The van der Waals surface area contributed by atoms with Crippen LogP contribution in [0.2, 0.25) is 0 Å². The molecule has 0 saturated carbocycles. The Bertz CT molecular complexity index is 1030. The zero-order chi connectivity index (χ0) is 19.0. The second-order valence-electron chi connectivity index (χ2n) is 6.25. The second kappa shape index (κ2) is 7.05. The van der Waals surface area contributed by atoms with Gasteiger partial charge in [0.1, 0.15) is 24.1 Å². The molecule has 1 aromatic carbocycles. The van der Waals surface area contributed by atoms with Gasteiger partial charge in [0.05, 0.1) is 12.9 Å². The first-order chi connectivity index (χ1) is 13.1. The number of nitrogens with one attached hydrogen (secondary N) is 1. The van der Waals surface area contributed by atoms with Gasteiger partial charge >= 0.3 is 0 Å². The zero-order valence-corrected chi connectivity index (χ0v) is 14.1. The number of aliphatic hydroxyl groups is 3. The van der Waals surface area contributed by atoms with E-state index in [1.807, 2.05) is 30.3 Å². The fourth-order valence-electron chi connectivity index (χ4n) is 3.06. The highest BCUT2D eigenvalue weighted by molar-refractivity contribution is 5.73. The summed E-state index contributed by atoms with van der Waals surface area (Å²) >= 11 is 0. The van der Waals surface area contributed by atoms with E-state index in [1.54, 1.807) is 12.2 Å². The molecule has 1 saturated heterocycles. The summed E-state index contributed by atoms with van der Waals surface area (Å²) in [5.41, 5.74) is 0.807. The number of aromatic nitrogens is 4. The molecule has 3 aromatic rings. The predicted octanol–water partition coefficient (Wildman–Crippen LogP) is -0.0985. The minimum Gasteiger partial charge on any atom is -0.394 e. The van der Waals surface area contributed by atoms with Crippen LogP contribution in [-0.2, 0) is 4.74 Å². The molecule has 27 heavy (non-hydrogen) atoms. The molecule has 4 atom stereocenters. The van der Waals surface area contributed by atoms with Crippen LogP contribution in [0.4, 0.5) is 0 Å². The van der Waals surface area contributed by atoms with Gasteiger partial charge in [-0.25, -0.2) is 9.97 Å². The largest absolute Gasteiger partial charge is 0.394 e. The van der Waals surface area contributed by atoms with Crippen LogP contribution in [0.1, 0.15) is 17.6 Å². The van der Waals surface area contributed by atoms with E-state index in [4.69, 9.17) is 4.74 Å². The molecule has 0 spiro atoms. The van der Waals surface area contributed by atoms with Crippen molar-refractivity contribution in [1.82, 2.24) is 19.5 Å². The highest BCUT2D eigenvalue weighted by Crippen LogP contribution is 2.30. The van der Waals surface area contributed by atoms with Crippen LogP contribution in [-0.4, -0.2) is 59.8 Å². The third-order valence-electron chi connectivity index (χ3n) is 4.48. The number of rotatable bonds is 4. The van der Waals surface area contributed by atoms with Gasteiger partial charge in [-0.05, 0) is 11.6 Å². The number of benzene rings is 1. The first kappa shape index (κ1) is 17.6. The van der Waals surface area contributed by atoms with Crippen LogP contribution >= 0.6 is 0 Å². The minimum absolute atomic E-state index is 0.0876. The molecule has 1 aliphatic heterocycles. The van der Waals surface area contributed by atoms with Gasteiger partial charge in [0.2, 0.25) is 0 Å². The molecule has 9 nitrogen and oxygen atoms in total. The molecule has 3 heterocycles. The molecular formula is C18H18N4O5. The van der Waals surface area contributed by atoms with E-state index in [-0.39, 0.29) is 11.2 Å². The molecule has 140 valence electrons. The molecule has 4 N–H and O–H groups in total. The fourth-order valence-corrected chi connectivity index (χ4v) is 3.06. The Hall–Kier alpha value is -2.85. The lowest BCUT2D eigenvalue weighted by Crippen LogP contribution is -2.33. The first-order valence-corrected chi connectivity index (χ1v) is 8.41. The molecule has 1 fully saturated rings. The fraction of sp³-hybridized carbons (Fsp3) is 0.278. The van der Waals surface area contributed by atoms with Crippen molar-refractivity contribution in [2.45, 2.75) is 24.5 Å². The molecule has 0 radical (unpaired) electrons. The number of imidazole rings is 1. The van der Waals surface area contributed by atoms with Crippen molar-refractivity contribution in [3.05, 3.63) is 58.4 Å². The molecule has 0 bridgehead atoms. The lowest BCUT2D eigenvalue weighted by molar-refractivity contribution is -0.0511. The van der Waals surface area contributed by atoms with Gasteiger partial charge in [-0.3, -0.25) is 9.36 Å². The summed E-state index contributed by atoms with van der Waals surface area (Å²) in [5, 5.41) is 29.4. The van der Waals surface area contributed by atoms with Crippen molar-refractivity contribution in [2.75, 3.05) is 6.61 Å². The zero-order valence-electron chi connectivity index (χ0n) is 14.1. The minimum atomic E-state index is -1.29. The number of hydrogen-bond donors (Lipinski definition) is 4. The molecular weight excluding hydrogens is 352 g/mol. The second-order valence-corrected chi connectivity index (χ2v) is 6.25. The molecule has 1 aliphatic rings. The average molecular weight is 370 g/mol. The number of hydrogen-bond acceptors (Lipinski definition) is 7. The number of aromatic amines is 1. The maximum atomic E-state index is 12.3. The maximum absolute atomic E-state index is 12.3. The monoisotopic (exact) mass is 370 g/mol. The number of aliphatic hydroxyl groups excluding tert-OH is 3. The molecule has 0 amide bonds. The summed E-state index contributed by atoms with van der Waals surface area (Å²) in [5.74, 6) is 0.310. The Morgan fingerprint density at radius 3 is 2.67 bits per heavy atom. The van der Waals surface area contributed by atoms with Gasteiger partial charge in [-0.2, -0.15) is 0 Å². The van der Waals surface area contributed by atoms with Gasteiger partial charge in [-0.15, -0.1) is 0 Å². The predicted molar refractivity (Wildman–Crippen MR) is 96.5 cm³/mol.